The van der Waals surface area contributed by atoms with E-state index in [0.29, 0.717) is 17.2 Å². The van der Waals surface area contributed by atoms with Crippen LogP contribution >= 0.6 is 11.8 Å². The van der Waals surface area contributed by atoms with Crippen molar-refractivity contribution in [3.8, 4) is 23.0 Å². The smallest absolute Gasteiger partial charge is 0.243 e. The second-order valence-corrected chi connectivity index (χ2v) is 7.87. The van der Waals surface area contributed by atoms with Crippen molar-refractivity contribution in [1.29, 1.82) is 0 Å². The van der Waals surface area contributed by atoms with Gasteiger partial charge in [0, 0.05) is 11.0 Å². The first kappa shape index (κ1) is 30.2. The van der Waals surface area contributed by atoms with Gasteiger partial charge in [-0.05, 0) is 55.1 Å². The van der Waals surface area contributed by atoms with E-state index in [-0.39, 0.29) is 12.5 Å². The summed E-state index contributed by atoms with van der Waals surface area (Å²) in [6.07, 6.45) is 1.98. The van der Waals surface area contributed by atoms with Crippen LogP contribution in [0.5, 0.6) is 23.0 Å². The average molecular weight is 515 g/mol. The molecular weight excluding hydrogens is 480 g/mol. The van der Waals surface area contributed by atoms with Crippen LogP contribution in [0, 0.1) is 6.92 Å². The normalized spacial score (nSPS) is 9.39. The molecule has 9 heteroatoms. The van der Waals surface area contributed by atoms with Gasteiger partial charge in [0.25, 0.3) is 0 Å². The Kier molecular flexibility index (Phi) is 14.0. The molecule has 0 heterocycles. The number of nitrogens with one attached hydrogen (secondary N) is 2. The highest BCUT2D eigenvalue weighted by molar-refractivity contribution is 7.98. The second-order valence-electron chi connectivity index (χ2n) is 7.03. The summed E-state index contributed by atoms with van der Waals surface area (Å²) in [5.74, 6) is 2.78. The summed E-state index contributed by atoms with van der Waals surface area (Å²) in [7, 11) is 6.45. The number of carbonyl (C=O) groups is 2. The zero-order valence-electron chi connectivity index (χ0n) is 21.5. The van der Waals surface area contributed by atoms with E-state index in [1.165, 1.54) is 5.56 Å². The van der Waals surface area contributed by atoms with E-state index in [0.717, 1.165) is 22.1 Å². The molecule has 1 amide bonds. The van der Waals surface area contributed by atoms with Crippen molar-refractivity contribution in [2.45, 2.75) is 11.8 Å². The third kappa shape index (κ3) is 9.42. The van der Waals surface area contributed by atoms with E-state index in [1.807, 2.05) is 62.4 Å². The molecule has 3 aromatic carbocycles. The molecule has 0 atom stereocenters. The predicted octanol–water partition coefficient (Wildman–Crippen LogP) is 5.30. The zero-order chi connectivity index (χ0) is 26.9. The molecule has 0 radical (unpaired) electrons. The average Bonchev–Trinajstić information content (AvgIpc) is 2.93. The van der Waals surface area contributed by atoms with Crippen molar-refractivity contribution < 1.29 is 28.5 Å². The minimum absolute atomic E-state index is 0.128. The van der Waals surface area contributed by atoms with Crippen LogP contribution in [0.15, 0.2) is 65.6 Å². The number of rotatable bonds is 9. The van der Waals surface area contributed by atoms with Crippen LogP contribution in [0.2, 0.25) is 0 Å². The quantitative estimate of drug-likeness (QED) is 0.371. The van der Waals surface area contributed by atoms with Gasteiger partial charge in [-0.2, -0.15) is 0 Å². The fraction of sp³-hybridized carbons (Fsp3) is 0.259. The van der Waals surface area contributed by atoms with E-state index in [9.17, 15) is 4.79 Å². The van der Waals surface area contributed by atoms with Gasteiger partial charge in [-0.25, -0.2) is 0 Å². The Morgan fingerprint density at radius 1 is 0.806 bits per heavy atom. The molecular formula is C27H34N2O6S. The van der Waals surface area contributed by atoms with Crippen molar-refractivity contribution >= 4 is 35.8 Å². The summed E-state index contributed by atoms with van der Waals surface area (Å²) in [6, 6.07) is 18.9. The summed E-state index contributed by atoms with van der Waals surface area (Å²) in [5.41, 5.74) is 2.69. The SMILES string of the molecule is C=O.COc1ccc(C)cc1OC.COc1ccc(OC)c(NCC(=O)Nc2ccccc2SC)c1. The number of para-hydroxylation sites is 1. The molecule has 0 saturated carbocycles. The minimum Gasteiger partial charge on any atom is -0.497 e. The third-order valence-electron chi connectivity index (χ3n) is 4.77. The van der Waals surface area contributed by atoms with Gasteiger partial charge in [0.05, 0.1) is 46.4 Å². The van der Waals surface area contributed by atoms with E-state index in [4.69, 9.17) is 23.7 Å². The van der Waals surface area contributed by atoms with Gasteiger partial charge >= 0.3 is 0 Å². The van der Waals surface area contributed by atoms with Gasteiger partial charge in [-0.15, -0.1) is 11.8 Å². The van der Waals surface area contributed by atoms with E-state index < -0.39 is 0 Å². The number of ether oxygens (including phenoxy) is 4. The van der Waals surface area contributed by atoms with Gasteiger partial charge < -0.3 is 34.4 Å². The molecule has 36 heavy (non-hydrogen) atoms. The number of hydrogen-bond donors (Lipinski definition) is 2. The number of carbonyl (C=O) groups excluding carboxylic acids is 2. The Hall–Kier alpha value is -3.85. The fourth-order valence-corrected chi connectivity index (χ4v) is 3.57. The van der Waals surface area contributed by atoms with Crippen molar-refractivity contribution in [3.63, 3.8) is 0 Å². The number of anilines is 2. The van der Waals surface area contributed by atoms with Gasteiger partial charge in [0.1, 0.15) is 18.3 Å². The zero-order valence-corrected chi connectivity index (χ0v) is 22.4. The first-order valence-corrected chi connectivity index (χ1v) is 12.0. The molecule has 0 aliphatic heterocycles. The van der Waals surface area contributed by atoms with Crippen molar-refractivity contribution in [2.75, 3.05) is 51.9 Å². The lowest BCUT2D eigenvalue weighted by molar-refractivity contribution is -0.114. The number of thioether (sulfide) groups is 1. The summed E-state index contributed by atoms with van der Waals surface area (Å²) in [5, 5.41) is 5.98. The van der Waals surface area contributed by atoms with Crippen molar-refractivity contribution in [2.24, 2.45) is 0 Å². The molecule has 8 nitrogen and oxygen atoms in total. The lowest BCUT2D eigenvalue weighted by Gasteiger charge is -2.13. The molecule has 0 aromatic heterocycles. The maximum atomic E-state index is 12.2. The summed E-state index contributed by atoms with van der Waals surface area (Å²) in [6.45, 7) is 4.15. The number of benzene rings is 3. The topological polar surface area (TPSA) is 95.1 Å². The van der Waals surface area contributed by atoms with Crippen LogP contribution in [0.4, 0.5) is 11.4 Å². The highest BCUT2D eigenvalue weighted by Crippen LogP contribution is 2.29. The third-order valence-corrected chi connectivity index (χ3v) is 5.56. The van der Waals surface area contributed by atoms with Crippen LogP contribution in [0.25, 0.3) is 0 Å². The highest BCUT2D eigenvalue weighted by atomic mass is 32.2. The second kappa shape index (κ2) is 16.7. The minimum atomic E-state index is -0.128. The largest absolute Gasteiger partial charge is 0.497 e. The summed E-state index contributed by atoms with van der Waals surface area (Å²) in [4.78, 5) is 21.2. The van der Waals surface area contributed by atoms with Gasteiger partial charge in [-0.1, -0.05) is 18.2 Å². The molecule has 3 rings (SSSR count). The molecule has 194 valence electrons. The maximum Gasteiger partial charge on any atom is 0.243 e. The van der Waals surface area contributed by atoms with Crippen LogP contribution in [0.3, 0.4) is 0 Å². The molecule has 2 N–H and O–H groups in total. The Morgan fingerprint density at radius 2 is 1.44 bits per heavy atom. The van der Waals surface area contributed by atoms with Crippen LogP contribution < -0.4 is 29.6 Å². The molecule has 0 bridgehead atoms. The predicted molar refractivity (Wildman–Crippen MR) is 146 cm³/mol. The van der Waals surface area contributed by atoms with Gasteiger partial charge in [0.2, 0.25) is 5.91 Å². The Labute approximate surface area is 217 Å². The Balaban J connectivity index is 0.000000417. The van der Waals surface area contributed by atoms with E-state index in [2.05, 4.69) is 10.6 Å². The lowest BCUT2D eigenvalue weighted by atomic mass is 10.2. The molecule has 0 saturated heterocycles. The van der Waals surface area contributed by atoms with Crippen molar-refractivity contribution in [3.05, 3.63) is 66.2 Å². The molecule has 0 unspecified atom stereocenters. The monoisotopic (exact) mass is 514 g/mol. The molecule has 3 aromatic rings. The number of aryl methyl sites for hydroxylation is 1. The maximum absolute atomic E-state index is 12.2. The van der Waals surface area contributed by atoms with Crippen LogP contribution in [-0.4, -0.2) is 53.9 Å². The molecule has 0 fully saturated rings. The number of amides is 1. The van der Waals surface area contributed by atoms with E-state index >= 15 is 0 Å². The van der Waals surface area contributed by atoms with Gasteiger partial charge in [-0.3, -0.25) is 4.79 Å². The van der Waals surface area contributed by atoms with Gasteiger partial charge in [0.15, 0.2) is 11.5 Å². The van der Waals surface area contributed by atoms with Crippen LogP contribution in [0.1, 0.15) is 5.56 Å². The highest BCUT2D eigenvalue weighted by Gasteiger charge is 2.09. The standard InChI is InChI=1S/C17H20N2O3S.C9H12O2.CH2O/c1-21-12-8-9-15(22-2)14(10-12)18-11-17(20)19-13-6-4-5-7-16(13)23-3;1-7-4-5-8(10-2)9(6-7)11-3;1-2/h4-10,18H,11H2,1-3H3,(H,19,20);4-6H,1-3H3;1H2. The first-order valence-electron chi connectivity index (χ1n) is 10.8. The van der Waals surface area contributed by atoms with Crippen molar-refractivity contribution in [1.82, 2.24) is 0 Å². The molecule has 0 aliphatic carbocycles. The molecule has 0 spiro atoms. The Bertz CT molecular complexity index is 1090. The summed E-state index contributed by atoms with van der Waals surface area (Å²) < 4.78 is 20.6. The van der Waals surface area contributed by atoms with Crippen LogP contribution in [-0.2, 0) is 9.59 Å². The summed E-state index contributed by atoms with van der Waals surface area (Å²) >= 11 is 1.59. The molecule has 0 aliphatic rings. The van der Waals surface area contributed by atoms with E-state index in [1.54, 1.807) is 58.4 Å². The lowest BCUT2D eigenvalue weighted by Crippen LogP contribution is -2.22. The fourth-order valence-electron chi connectivity index (χ4n) is 3.01. The number of methoxy groups -OCH3 is 4. The number of hydrogen-bond acceptors (Lipinski definition) is 8. The first-order chi connectivity index (χ1) is 17.4. The Morgan fingerprint density at radius 3 is 2.06 bits per heavy atom.